The highest BCUT2D eigenvalue weighted by Crippen LogP contribution is 2.37. The third-order valence-corrected chi connectivity index (χ3v) is 5.22. The molecule has 3 rings (SSSR count). The van der Waals surface area contributed by atoms with E-state index >= 15 is 0 Å². The first-order chi connectivity index (χ1) is 16.2. The number of anilines is 2. The van der Waals surface area contributed by atoms with Crippen molar-refractivity contribution in [3.63, 3.8) is 0 Å². The maximum Gasteiger partial charge on any atom is 0.418 e. The molecule has 2 amide bonds. The minimum Gasteiger partial charge on any atom is -0.404 e. The van der Waals surface area contributed by atoms with Gasteiger partial charge >= 0.3 is 6.18 Å². The van der Waals surface area contributed by atoms with Crippen LogP contribution in [0, 0.1) is 0 Å². The van der Waals surface area contributed by atoms with Gasteiger partial charge in [0.1, 0.15) is 5.54 Å². The normalized spacial score (nSPS) is 15.0. The summed E-state index contributed by atoms with van der Waals surface area (Å²) in [7, 11) is 0. The van der Waals surface area contributed by atoms with Crippen molar-refractivity contribution in [1.82, 2.24) is 10.6 Å². The predicted molar refractivity (Wildman–Crippen MR) is 124 cm³/mol. The van der Waals surface area contributed by atoms with Crippen molar-refractivity contribution in [2.24, 2.45) is 10.7 Å². The molecule has 0 spiro atoms. The molecule has 0 aromatic heterocycles. The van der Waals surface area contributed by atoms with E-state index in [1.165, 1.54) is 30.6 Å². The second-order valence-electron chi connectivity index (χ2n) is 7.67. The van der Waals surface area contributed by atoms with Gasteiger partial charge in [0.2, 0.25) is 5.91 Å². The van der Waals surface area contributed by atoms with Gasteiger partial charge < -0.3 is 21.7 Å². The van der Waals surface area contributed by atoms with Gasteiger partial charge in [0.25, 0.3) is 5.91 Å². The molecule has 2 aromatic carbocycles. The smallest absolute Gasteiger partial charge is 0.404 e. The number of hydrogen-bond donors (Lipinski definition) is 4. The van der Waals surface area contributed by atoms with Crippen LogP contribution in [0.2, 0.25) is 0 Å². The Morgan fingerprint density at radius 3 is 2.38 bits per heavy atom. The number of nitrogens with two attached hydrogens (primary N) is 1. The molecule has 0 unspecified atom stereocenters. The van der Waals surface area contributed by atoms with Crippen LogP contribution >= 0.6 is 0 Å². The molecule has 0 bridgehead atoms. The number of benzene rings is 2. The van der Waals surface area contributed by atoms with E-state index in [2.05, 4.69) is 27.5 Å². The number of halogens is 3. The maximum absolute atomic E-state index is 13.2. The molecule has 0 atom stereocenters. The number of para-hydroxylation sites is 1. The van der Waals surface area contributed by atoms with Crippen LogP contribution < -0.4 is 21.7 Å². The van der Waals surface area contributed by atoms with Crippen molar-refractivity contribution in [3.8, 4) is 0 Å². The summed E-state index contributed by atoms with van der Waals surface area (Å²) in [6.07, 6.45) is 0.108. The molecule has 0 heterocycles. The minimum atomic E-state index is -4.47. The summed E-state index contributed by atoms with van der Waals surface area (Å²) in [5.41, 5.74) is 4.95. The van der Waals surface area contributed by atoms with E-state index < -0.39 is 23.2 Å². The number of hydrogen-bond acceptors (Lipinski definition) is 5. The topological polar surface area (TPSA) is 109 Å². The van der Waals surface area contributed by atoms with Crippen molar-refractivity contribution in [3.05, 3.63) is 84.2 Å². The third-order valence-electron chi connectivity index (χ3n) is 5.22. The first kappa shape index (κ1) is 24.6. The van der Waals surface area contributed by atoms with Gasteiger partial charge in [-0.2, -0.15) is 13.2 Å². The highest BCUT2D eigenvalue weighted by molar-refractivity contribution is 6.13. The van der Waals surface area contributed by atoms with Gasteiger partial charge in [0.05, 0.1) is 16.8 Å². The monoisotopic (exact) mass is 471 g/mol. The van der Waals surface area contributed by atoms with E-state index in [4.69, 9.17) is 5.73 Å². The predicted octanol–water partition coefficient (Wildman–Crippen LogP) is 3.77. The van der Waals surface area contributed by atoms with Crippen LogP contribution in [0.15, 0.2) is 78.1 Å². The van der Waals surface area contributed by atoms with Gasteiger partial charge in [-0.05, 0) is 42.7 Å². The first-order valence-corrected chi connectivity index (χ1v) is 10.4. The molecular formula is C24H24F3N5O2. The van der Waals surface area contributed by atoms with E-state index in [1.54, 1.807) is 24.3 Å². The summed E-state index contributed by atoms with van der Waals surface area (Å²) >= 11 is 0. The molecule has 10 heteroatoms. The Morgan fingerprint density at radius 2 is 1.79 bits per heavy atom. The summed E-state index contributed by atoms with van der Waals surface area (Å²) in [4.78, 5) is 28.8. The van der Waals surface area contributed by atoms with Crippen molar-refractivity contribution < 1.29 is 22.8 Å². The lowest BCUT2D eigenvalue weighted by Crippen LogP contribution is -2.49. The fourth-order valence-corrected chi connectivity index (χ4v) is 3.19. The lowest BCUT2D eigenvalue weighted by atomic mass is 10.1. The average Bonchev–Trinajstić information content (AvgIpc) is 3.59. The molecular weight excluding hydrogens is 447 g/mol. The Hall–Kier alpha value is -4.08. The van der Waals surface area contributed by atoms with Crippen LogP contribution in [0.3, 0.4) is 0 Å². The van der Waals surface area contributed by atoms with Gasteiger partial charge in [-0.1, -0.05) is 30.8 Å². The fourth-order valence-electron chi connectivity index (χ4n) is 3.19. The molecule has 5 N–H and O–H groups in total. The van der Waals surface area contributed by atoms with Crippen molar-refractivity contribution in [2.75, 3.05) is 5.32 Å². The summed E-state index contributed by atoms with van der Waals surface area (Å²) in [6, 6.07) is 11.9. The highest BCUT2D eigenvalue weighted by Gasteiger charge is 2.51. The second-order valence-corrected chi connectivity index (χ2v) is 7.67. The first-order valence-electron chi connectivity index (χ1n) is 10.4. The number of alkyl halides is 3. The van der Waals surface area contributed by atoms with Gasteiger partial charge in [-0.15, -0.1) is 0 Å². The SMILES string of the molecule is C=CN=C/C(=C\N)C(=O)NC1(C(=O)NCc2ccc(Nc3ccccc3C(F)(F)F)cc2)CC1. The third kappa shape index (κ3) is 6.03. The van der Waals surface area contributed by atoms with E-state index in [0.717, 1.165) is 17.8 Å². The van der Waals surface area contributed by atoms with E-state index in [9.17, 15) is 22.8 Å². The van der Waals surface area contributed by atoms with Gasteiger partial charge in [-0.25, -0.2) is 0 Å². The lowest BCUT2D eigenvalue weighted by molar-refractivity contribution is -0.137. The number of rotatable bonds is 9. The Kier molecular flexibility index (Phi) is 7.40. The molecule has 0 radical (unpaired) electrons. The number of carbonyl (C=O) groups is 2. The largest absolute Gasteiger partial charge is 0.418 e. The molecule has 1 saturated carbocycles. The molecule has 1 fully saturated rings. The number of nitrogens with one attached hydrogen (secondary N) is 3. The number of carbonyl (C=O) groups excluding carboxylic acids is 2. The molecule has 0 aliphatic heterocycles. The van der Waals surface area contributed by atoms with E-state index in [1.807, 2.05) is 0 Å². The van der Waals surface area contributed by atoms with Crippen LogP contribution in [0.1, 0.15) is 24.0 Å². The molecule has 7 nitrogen and oxygen atoms in total. The number of nitrogens with zero attached hydrogens (tertiary/aromatic N) is 1. The summed E-state index contributed by atoms with van der Waals surface area (Å²) in [5.74, 6) is -0.852. The van der Waals surface area contributed by atoms with Gasteiger partial charge in [0.15, 0.2) is 0 Å². The average molecular weight is 471 g/mol. The Bertz CT molecular complexity index is 1120. The molecule has 1 aliphatic carbocycles. The zero-order chi connectivity index (χ0) is 24.8. The molecule has 0 saturated heterocycles. The second kappa shape index (κ2) is 10.2. The quantitative estimate of drug-likeness (QED) is 0.330. The summed E-state index contributed by atoms with van der Waals surface area (Å²) in [5, 5.41) is 8.24. The van der Waals surface area contributed by atoms with Crippen LogP contribution in [0.4, 0.5) is 24.5 Å². The van der Waals surface area contributed by atoms with Crippen LogP contribution in [-0.4, -0.2) is 23.6 Å². The number of aliphatic imine (C=N–C) groups is 1. The molecule has 178 valence electrons. The molecule has 1 aliphatic rings. The Balaban J connectivity index is 1.58. The molecule has 2 aromatic rings. The Labute approximate surface area is 194 Å². The van der Waals surface area contributed by atoms with E-state index in [-0.39, 0.29) is 23.7 Å². The Morgan fingerprint density at radius 1 is 1.12 bits per heavy atom. The fraction of sp³-hybridized carbons (Fsp3) is 0.208. The van der Waals surface area contributed by atoms with E-state index in [0.29, 0.717) is 18.5 Å². The standard InChI is InChI=1S/C24H24F3N5O2/c1-2-29-15-17(13-28)21(33)32-23(11-12-23)22(34)30-14-16-7-9-18(10-8-16)31-20-6-4-3-5-19(20)24(25,26)27/h2-10,13,15,31H,1,11-12,14,28H2,(H,30,34)(H,32,33)/b17-13+,29-15?. The molecule has 34 heavy (non-hydrogen) atoms. The van der Waals surface area contributed by atoms with Crippen molar-refractivity contribution in [2.45, 2.75) is 31.1 Å². The van der Waals surface area contributed by atoms with Gasteiger partial charge in [-0.3, -0.25) is 14.6 Å². The van der Waals surface area contributed by atoms with Gasteiger partial charge in [0, 0.05) is 30.8 Å². The minimum absolute atomic E-state index is 0.0495. The van der Waals surface area contributed by atoms with Crippen LogP contribution in [0.5, 0.6) is 0 Å². The zero-order valence-corrected chi connectivity index (χ0v) is 18.2. The van der Waals surface area contributed by atoms with Crippen molar-refractivity contribution in [1.29, 1.82) is 0 Å². The van der Waals surface area contributed by atoms with Crippen molar-refractivity contribution >= 4 is 29.4 Å². The zero-order valence-electron chi connectivity index (χ0n) is 18.2. The maximum atomic E-state index is 13.2. The van der Waals surface area contributed by atoms with Crippen LogP contribution in [-0.2, 0) is 22.3 Å². The summed E-state index contributed by atoms with van der Waals surface area (Å²) in [6.45, 7) is 3.61. The highest BCUT2D eigenvalue weighted by atomic mass is 19.4. The van der Waals surface area contributed by atoms with Crippen LogP contribution in [0.25, 0.3) is 0 Å². The lowest BCUT2D eigenvalue weighted by Gasteiger charge is -2.18. The number of amides is 2. The summed E-state index contributed by atoms with van der Waals surface area (Å²) < 4.78 is 39.5.